The first-order valence-corrected chi connectivity index (χ1v) is 8.13. The third-order valence-corrected chi connectivity index (χ3v) is 4.96. The first kappa shape index (κ1) is 13.3. The molecule has 17 heavy (non-hydrogen) atoms. The first-order chi connectivity index (χ1) is 8.08. The van der Waals surface area contributed by atoms with Crippen molar-refractivity contribution in [2.75, 3.05) is 13.1 Å². The molecule has 1 saturated heterocycles. The number of sulfonamides is 1. The maximum atomic E-state index is 12.1. The summed E-state index contributed by atoms with van der Waals surface area (Å²) in [5.41, 5.74) is 0. The predicted molar refractivity (Wildman–Crippen MR) is 75.4 cm³/mol. The molecule has 0 spiro atoms. The molecular weight excluding hydrogens is 351 g/mol. The minimum Gasteiger partial charge on any atom is -0.317 e. The molecule has 4 nitrogen and oxygen atoms in total. The van der Waals surface area contributed by atoms with Crippen molar-refractivity contribution in [1.82, 2.24) is 10.0 Å². The molecule has 1 heterocycles. The maximum Gasteiger partial charge on any atom is 0.240 e. The molecule has 0 unspecified atom stereocenters. The van der Waals surface area contributed by atoms with Gasteiger partial charge in [0.1, 0.15) is 0 Å². The fourth-order valence-corrected chi connectivity index (χ4v) is 3.97. The summed E-state index contributed by atoms with van der Waals surface area (Å²) in [6.07, 6.45) is 1.70. The number of rotatable bonds is 3. The SMILES string of the molecule is O=S(=O)(NC1CCNCC1)c1cccc(I)c1. The zero-order valence-corrected chi connectivity index (χ0v) is 12.3. The Labute approximate surface area is 115 Å². The Morgan fingerprint density at radius 2 is 2.00 bits per heavy atom. The molecule has 0 aliphatic carbocycles. The molecular formula is C11H15IN2O2S. The normalized spacial score (nSPS) is 18.2. The number of hydrogen-bond acceptors (Lipinski definition) is 3. The second-order valence-electron chi connectivity index (χ2n) is 4.10. The van der Waals surface area contributed by atoms with Gasteiger partial charge in [-0.1, -0.05) is 6.07 Å². The molecule has 1 aromatic rings. The summed E-state index contributed by atoms with van der Waals surface area (Å²) in [7, 11) is -3.36. The summed E-state index contributed by atoms with van der Waals surface area (Å²) in [5.74, 6) is 0. The molecule has 1 aromatic carbocycles. The van der Waals surface area contributed by atoms with Crippen LogP contribution < -0.4 is 10.0 Å². The standard InChI is InChI=1S/C11H15IN2O2S/c12-9-2-1-3-11(8-9)17(15,16)14-10-4-6-13-7-5-10/h1-3,8,10,13-14H,4-7H2. The second kappa shape index (κ2) is 5.64. The summed E-state index contributed by atoms with van der Waals surface area (Å²) < 4.78 is 27.9. The quantitative estimate of drug-likeness (QED) is 0.794. The Kier molecular flexibility index (Phi) is 4.40. The average Bonchev–Trinajstić information content (AvgIpc) is 2.30. The van der Waals surface area contributed by atoms with Crippen molar-refractivity contribution in [1.29, 1.82) is 0 Å². The highest BCUT2D eigenvalue weighted by molar-refractivity contribution is 14.1. The smallest absolute Gasteiger partial charge is 0.240 e. The van der Waals surface area contributed by atoms with Crippen LogP contribution in [0, 0.1) is 3.57 Å². The summed E-state index contributed by atoms with van der Waals surface area (Å²) in [4.78, 5) is 0.350. The number of hydrogen-bond donors (Lipinski definition) is 2. The largest absolute Gasteiger partial charge is 0.317 e. The molecule has 0 amide bonds. The van der Waals surface area contributed by atoms with Gasteiger partial charge in [0.2, 0.25) is 10.0 Å². The molecule has 0 atom stereocenters. The Morgan fingerprint density at radius 1 is 1.29 bits per heavy atom. The maximum absolute atomic E-state index is 12.1. The topological polar surface area (TPSA) is 58.2 Å². The van der Waals surface area contributed by atoms with E-state index in [1.807, 2.05) is 6.07 Å². The van der Waals surface area contributed by atoms with Crippen molar-refractivity contribution in [3.63, 3.8) is 0 Å². The highest BCUT2D eigenvalue weighted by Gasteiger charge is 2.21. The van der Waals surface area contributed by atoms with Crippen molar-refractivity contribution < 1.29 is 8.42 Å². The highest BCUT2D eigenvalue weighted by atomic mass is 127. The zero-order valence-electron chi connectivity index (χ0n) is 9.32. The van der Waals surface area contributed by atoms with Gasteiger partial charge >= 0.3 is 0 Å². The highest BCUT2D eigenvalue weighted by Crippen LogP contribution is 2.15. The zero-order chi connectivity index (χ0) is 12.3. The Bertz CT molecular complexity index is 484. The molecule has 94 valence electrons. The van der Waals surface area contributed by atoms with Crippen LogP contribution in [0.3, 0.4) is 0 Å². The van der Waals surface area contributed by atoms with Gasteiger partial charge in [-0.3, -0.25) is 0 Å². The molecule has 6 heteroatoms. The summed E-state index contributed by atoms with van der Waals surface area (Å²) >= 11 is 2.11. The van der Waals surface area contributed by atoms with E-state index in [4.69, 9.17) is 0 Å². The van der Waals surface area contributed by atoms with Gasteiger partial charge in [0.15, 0.2) is 0 Å². The van der Waals surface area contributed by atoms with E-state index in [0.717, 1.165) is 29.5 Å². The minimum absolute atomic E-state index is 0.0547. The van der Waals surface area contributed by atoms with E-state index in [0.29, 0.717) is 4.90 Å². The molecule has 1 aliphatic heterocycles. The molecule has 2 N–H and O–H groups in total. The van der Waals surface area contributed by atoms with Crippen LogP contribution in [-0.2, 0) is 10.0 Å². The van der Waals surface area contributed by atoms with Crippen LogP contribution in [0.4, 0.5) is 0 Å². The van der Waals surface area contributed by atoms with E-state index in [1.54, 1.807) is 18.2 Å². The van der Waals surface area contributed by atoms with Crippen LogP contribution in [0.1, 0.15) is 12.8 Å². The van der Waals surface area contributed by atoms with E-state index in [-0.39, 0.29) is 6.04 Å². The lowest BCUT2D eigenvalue weighted by Crippen LogP contribution is -2.42. The number of piperidine rings is 1. The van der Waals surface area contributed by atoms with Crippen molar-refractivity contribution in [3.8, 4) is 0 Å². The van der Waals surface area contributed by atoms with E-state index in [2.05, 4.69) is 32.6 Å². The molecule has 2 rings (SSSR count). The van der Waals surface area contributed by atoms with Gasteiger partial charge in [0, 0.05) is 9.61 Å². The van der Waals surface area contributed by atoms with E-state index in [1.165, 1.54) is 0 Å². The van der Waals surface area contributed by atoms with Gasteiger partial charge < -0.3 is 5.32 Å². The fourth-order valence-electron chi connectivity index (χ4n) is 1.86. The summed E-state index contributed by atoms with van der Waals surface area (Å²) in [6, 6.07) is 7.01. The van der Waals surface area contributed by atoms with Gasteiger partial charge in [0.05, 0.1) is 4.90 Å². The van der Waals surface area contributed by atoms with Gasteiger partial charge in [-0.15, -0.1) is 0 Å². The Hall–Kier alpha value is -0.180. The van der Waals surface area contributed by atoms with Crippen molar-refractivity contribution >= 4 is 32.6 Å². The number of nitrogens with one attached hydrogen (secondary N) is 2. The van der Waals surface area contributed by atoms with Gasteiger partial charge in [-0.25, -0.2) is 13.1 Å². The van der Waals surface area contributed by atoms with Crippen molar-refractivity contribution in [2.24, 2.45) is 0 Å². The third kappa shape index (κ3) is 3.64. The molecule has 1 aliphatic rings. The van der Waals surface area contributed by atoms with Crippen molar-refractivity contribution in [2.45, 2.75) is 23.8 Å². The molecule has 1 fully saturated rings. The van der Waals surface area contributed by atoms with E-state index >= 15 is 0 Å². The van der Waals surface area contributed by atoms with Crippen LogP contribution >= 0.6 is 22.6 Å². The monoisotopic (exact) mass is 366 g/mol. The van der Waals surface area contributed by atoms with Gasteiger partial charge in [-0.05, 0) is 66.7 Å². The van der Waals surface area contributed by atoms with Crippen LogP contribution in [-0.4, -0.2) is 27.5 Å². The summed E-state index contributed by atoms with van der Waals surface area (Å²) in [5, 5.41) is 3.21. The third-order valence-electron chi connectivity index (χ3n) is 2.77. The van der Waals surface area contributed by atoms with Crippen LogP contribution in [0.25, 0.3) is 0 Å². The number of benzene rings is 1. The predicted octanol–water partition coefficient (Wildman–Crippen LogP) is 1.32. The van der Waals surface area contributed by atoms with Crippen LogP contribution in [0.15, 0.2) is 29.2 Å². The minimum atomic E-state index is -3.36. The lowest BCUT2D eigenvalue weighted by atomic mass is 10.1. The lowest BCUT2D eigenvalue weighted by molar-refractivity contribution is 0.427. The molecule has 0 bridgehead atoms. The van der Waals surface area contributed by atoms with Crippen LogP contribution in [0.5, 0.6) is 0 Å². The molecule has 0 saturated carbocycles. The van der Waals surface area contributed by atoms with E-state index < -0.39 is 10.0 Å². The fraction of sp³-hybridized carbons (Fsp3) is 0.455. The Balaban J connectivity index is 2.13. The molecule has 0 aromatic heterocycles. The van der Waals surface area contributed by atoms with Crippen molar-refractivity contribution in [3.05, 3.63) is 27.8 Å². The van der Waals surface area contributed by atoms with Gasteiger partial charge in [0.25, 0.3) is 0 Å². The average molecular weight is 366 g/mol. The lowest BCUT2D eigenvalue weighted by Gasteiger charge is -2.23. The molecule has 0 radical (unpaired) electrons. The second-order valence-corrected chi connectivity index (χ2v) is 7.06. The van der Waals surface area contributed by atoms with Crippen LogP contribution in [0.2, 0.25) is 0 Å². The van der Waals surface area contributed by atoms with Gasteiger partial charge in [-0.2, -0.15) is 0 Å². The Morgan fingerprint density at radius 3 is 2.65 bits per heavy atom. The first-order valence-electron chi connectivity index (χ1n) is 5.56. The number of halogens is 1. The van der Waals surface area contributed by atoms with E-state index in [9.17, 15) is 8.42 Å². The summed E-state index contributed by atoms with van der Waals surface area (Å²) in [6.45, 7) is 1.75.